The number of phosphoric acid groups is 2. The minimum Gasteiger partial charge on any atom is -0.606 e. The lowest BCUT2D eigenvalue weighted by atomic mass is 9.78. The molecule has 378 valence electrons. The van der Waals surface area contributed by atoms with Crippen molar-refractivity contribution in [2.45, 2.75) is 90.1 Å². The first-order valence-corrected chi connectivity index (χ1v) is 25.8. The van der Waals surface area contributed by atoms with Crippen molar-refractivity contribution in [1.82, 2.24) is 14.5 Å². The maximum Gasteiger partial charge on any atom is 0.469 e. The summed E-state index contributed by atoms with van der Waals surface area (Å²) in [5, 5.41) is 0.857. The summed E-state index contributed by atoms with van der Waals surface area (Å²) < 4.78 is 97.3. The summed E-state index contributed by atoms with van der Waals surface area (Å²) in [6.45, 7) is 6.91. The number of amides is 3. The van der Waals surface area contributed by atoms with E-state index >= 15 is 17.6 Å². The van der Waals surface area contributed by atoms with Gasteiger partial charge in [-0.3, -0.25) is 18.9 Å². The predicted molar refractivity (Wildman–Crippen MR) is 243 cm³/mol. The van der Waals surface area contributed by atoms with Crippen LogP contribution in [0, 0.1) is 23.3 Å². The van der Waals surface area contributed by atoms with Gasteiger partial charge in [0.1, 0.15) is 24.7 Å². The molecule has 24 heteroatoms. The van der Waals surface area contributed by atoms with Crippen LogP contribution in [0.2, 0.25) is 0 Å². The number of rotatable bonds is 13. The van der Waals surface area contributed by atoms with Crippen LogP contribution >= 0.6 is 16.0 Å². The van der Waals surface area contributed by atoms with E-state index in [-0.39, 0.29) is 58.3 Å². The average Bonchev–Trinajstić information content (AvgIpc) is 3.61. The second kappa shape index (κ2) is 18.0. The fraction of sp³-hybridized carbons (Fsp3) is 0.426. The van der Waals surface area contributed by atoms with Crippen molar-refractivity contribution in [3.63, 3.8) is 0 Å². The van der Waals surface area contributed by atoms with Gasteiger partial charge < -0.3 is 34.1 Å². The molecular formula is C47H49F4N4O14P2+. The number of hydrogen-bond donors (Lipinski definition) is 4. The van der Waals surface area contributed by atoms with Crippen LogP contribution < -0.4 is 29.7 Å². The highest BCUT2D eigenvalue weighted by atomic mass is 31.2. The fourth-order valence-electron chi connectivity index (χ4n) is 10.7. The number of anilines is 1. The van der Waals surface area contributed by atoms with Crippen LogP contribution in [0.15, 0.2) is 24.3 Å². The number of nitrogens with zero attached hydrogens (tertiary/aromatic N) is 4. The van der Waals surface area contributed by atoms with Crippen molar-refractivity contribution in [3.8, 4) is 11.5 Å². The third-order valence-corrected chi connectivity index (χ3v) is 14.6. The molecule has 4 N–H and O–H groups in total. The van der Waals surface area contributed by atoms with Gasteiger partial charge in [-0.05, 0) is 68.9 Å². The van der Waals surface area contributed by atoms with Gasteiger partial charge in [0.15, 0.2) is 28.8 Å². The summed E-state index contributed by atoms with van der Waals surface area (Å²) in [5.41, 5.74) is -1.47. The topological polar surface area (TPSA) is 239 Å². The van der Waals surface area contributed by atoms with E-state index in [4.69, 9.17) is 18.6 Å². The number of halogens is 4. The molecule has 9 rings (SSSR count). The molecule has 1 fully saturated rings. The molecule has 18 nitrogen and oxygen atoms in total. The number of benzene rings is 3. The Labute approximate surface area is 403 Å². The van der Waals surface area contributed by atoms with Gasteiger partial charge in [0.05, 0.1) is 34.5 Å². The molecule has 0 aliphatic carbocycles. The minimum absolute atomic E-state index is 0.0578. The maximum absolute atomic E-state index is 17.4. The van der Waals surface area contributed by atoms with Crippen LogP contribution in [0.5, 0.6) is 11.5 Å². The zero-order chi connectivity index (χ0) is 51.4. The lowest BCUT2D eigenvalue weighted by Crippen LogP contribution is -2.53. The summed E-state index contributed by atoms with van der Waals surface area (Å²) in [4.78, 5) is 111. The first-order chi connectivity index (χ1) is 33.2. The molecule has 0 atom stereocenters. The normalized spacial score (nSPS) is 18.6. The molecular weight excluding hydrogens is 982 g/mol. The Kier molecular flexibility index (Phi) is 12.8. The maximum atomic E-state index is 17.4. The molecule has 6 aliphatic heterocycles. The zero-order valence-corrected chi connectivity index (χ0v) is 40.9. The molecule has 6 aliphatic rings. The van der Waals surface area contributed by atoms with E-state index < -0.39 is 111 Å². The van der Waals surface area contributed by atoms with Crippen molar-refractivity contribution in [2.75, 3.05) is 44.8 Å². The van der Waals surface area contributed by atoms with Gasteiger partial charge in [0.25, 0.3) is 17.7 Å². The SMILES string of the molecule is CN(CCCC(=O)ON1C(=O)CCC1=O)C(=O)c1c(F)c(F)c(F)c(F)c1C1=c2cc3c4c(c2Oc2c1cc1c5c2CCCN5C(C)(C)C=C1COP(=O)(O)O)CCC[N+]=4C(C)(C)C=C3CO[P+]([O-])(O)O. The Morgan fingerprint density at radius 2 is 1.55 bits per heavy atom. The quantitative estimate of drug-likeness (QED) is 0.0373. The molecule has 0 radical (unpaired) electrons. The summed E-state index contributed by atoms with van der Waals surface area (Å²) in [6.07, 6.45) is 4.14. The van der Waals surface area contributed by atoms with Crippen LogP contribution in [-0.4, -0.2) is 104 Å². The van der Waals surface area contributed by atoms with Crippen molar-refractivity contribution in [3.05, 3.63) is 97.1 Å². The van der Waals surface area contributed by atoms with Crippen molar-refractivity contribution >= 4 is 62.1 Å². The lowest BCUT2D eigenvalue weighted by Gasteiger charge is -2.47. The third kappa shape index (κ3) is 9.01. The first-order valence-electron chi connectivity index (χ1n) is 22.7. The average molecular weight is 1030 g/mol. The zero-order valence-electron chi connectivity index (χ0n) is 39.1. The smallest absolute Gasteiger partial charge is 0.469 e. The summed E-state index contributed by atoms with van der Waals surface area (Å²) in [7, 11) is -9.01. The summed E-state index contributed by atoms with van der Waals surface area (Å²) >= 11 is 0. The fourth-order valence-corrected chi connectivity index (χ4v) is 11.3. The van der Waals surface area contributed by atoms with Crippen molar-refractivity contribution < 1.29 is 84.4 Å². The third-order valence-electron chi connectivity index (χ3n) is 13.7. The van der Waals surface area contributed by atoms with E-state index in [2.05, 4.69) is 9.48 Å². The lowest BCUT2D eigenvalue weighted by molar-refractivity contribution is -0.235. The van der Waals surface area contributed by atoms with Gasteiger partial charge in [0.2, 0.25) is 5.36 Å². The van der Waals surface area contributed by atoms with Crippen LogP contribution in [0.1, 0.15) is 110 Å². The molecule has 0 bridgehead atoms. The van der Waals surface area contributed by atoms with E-state index in [0.29, 0.717) is 77.1 Å². The highest BCUT2D eigenvalue weighted by molar-refractivity contribution is 7.51. The van der Waals surface area contributed by atoms with E-state index in [9.17, 15) is 48.2 Å². The molecule has 6 heterocycles. The van der Waals surface area contributed by atoms with Crippen molar-refractivity contribution in [2.24, 2.45) is 0 Å². The number of phosphoric ester groups is 2. The molecule has 0 aromatic heterocycles. The van der Waals surface area contributed by atoms with Crippen molar-refractivity contribution in [1.29, 1.82) is 0 Å². The standard InChI is InChI=1S/C47H48F4N4O14P2/c1-46(2)19-23(21-66-70(60,61)62)27-17-29-34(35-36(38(49)40(51)39(50)37(35)48)45(59)52(5)14-8-11-33(58)69-55-31(56)12-13-32(55)57)30-18-28-24(22-67-71(63,64)65)20-47(3,4)54-16-7-10-26(42(28)54)44(30)68-43(29)25-9-6-15-53(46)41(25)27/h17-20H,6-16,21-22H2,1-5H3,(H3-,60,61,62,63,64,65)/p+1. The summed E-state index contributed by atoms with van der Waals surface area (Å²) in [5.74, 6) is -12.3. The van der Waals surface area contributed by atoms with E-state index in [0.717, 1.165) is 11.9 Å². The number of fused-ring (bicyclic) bond motifs is 4. The molecule has 0 spiro atoms. The van der Waals surface area contributed by atoms with E-state index in [1.165, 1.54) is 12.1 Å². The van der Waals surface area contributed by atoms with Gasteiger partial charge in [0, 0.05) is 92.7 Å². The van der Waals surface area contributed by atoms with Crippen LogP contribution in [0.4, 0.5) is 23.2 Å². The summed E-state index contributed by atoms with van der Waals surface area (Å²) in [6, 6.07) is 2.95. The number of ether oxygens (including phenoxy) is 1. The molecule has 71 heavy (non-hydrogen) atoms. The van der Waals surface area contributed by atoms with E-state index in [1.54, 1.807) is 12.2 Å². The Hall–Kier alpha value is -5.41. The monoisotopic (exact) mass is 1030 g/mol. The number of hydroxylamine groups is 2. The Morgan fingerprint density at radius 3 is 2.23 bits per heavy atom. The Morgan fingerprint density at radius 1 is 0.887 bits per heavy atom. The molecule has 3 aromatic carbocycles. The minimum atomic E-state index is -5.08. The first kappa shape index (κ1) is 50.5. The largest absolute Gasteiger partial charge is 0.606 e. The van der Waals surface area contributed by atoms with E-state index in [1.807, 2.05) is 27.7 Å². The predicted octanol–water partition coefficient (Wildman–Crippen LogP) is 3.74. The van der Waals surface area contributed by atoms with Gasteiger partial charge in [-0.25, -0.2) is 31.5 Å². The number of hydrogen-bond acceptors (Lipinski definition) is 13. The van der Waals surface area contributed by atoms with Gasteiger partial charge in [-0.2, -0.15) is 14.3 Å². The number of carbonyl (C=O) groups excluding carboxylic acids is 4. The molecule has 1 saturated heterocycles. The molecule has 0 unspecified atom stereocenters. The van der Waals surface area contributed by atoms with Gasteiger partial charge >= 0.3 is 22.0 Å². The Bertz CT molecular complexity index is 3130. The van der Waals surface area contributed by atoms with Crippen LogP contribution in [0.3, 0.4) is 0 Å². The van der Waals surface area contributed by atoms with Gasteiger partial charge in [-0.1, -0.05) is 6.08 Å². The number of imide groups is 1. The van der Waals surface area contributed by atoms with Crippen LogP contribution in [0.25, 0.3) is 16.7 Å². The highest BCUT2D eigenvalue weighted by Crippen LogP contribution is 2.54. The molecule has 0 saturated carbocycles. The van der Waals surface area contributed by atoms with Crippen LogP contribution in [-0.2, 0) is 45.7 Å². The second-order valence-corrected chi connectivity index (χ2v) is 21.8. The second-order valence-electron chi connectivity index (χ2n) is 19.3. The molecule has 3 amide bonds. The highest BCUT2D eigenvalue weighted by Gasteiger charge is 2.45. The molecule has 3 aromatic rings. The van der Waals surface area contributed by atoms with Gasteiger partial charge in [-0.15, -0.1) is 5.06 Å². The number of carbonyl (C=O) groups is 4. The Balaban J connectivity index is 1.31.